The first kappa shape index (κ1) is 10.3. The molecule has 0 spiro atoms. The molecule has 2 N–H and O–H groups in total. The maximum atomic E-state index is 5.90. The van der Waals surface area contributed by atoms with E-state index in [1.165, 1.54) is 0 Å². The third-order valence-corrected chi connectivity index (χ3v) is 2.26. The van der Waals surface area contributed by atoms with Gasteiger partial charge in [-0.1, -0.05) is 0 Å². The van der Waals surface area contributed by atoms with E-state index in [1.807, 2.05) is 6.92 Å². The van der Waals surface area contributed by atoms with Crippen LogP contribution in [0.4, 0.5) is 0 Å². The Morgan fingerprint density at radius 1 is 1.46 bits per heavy atom. The fourth-order valence-electron chi connectivity index (χ4n) is 1.68. The summed E-state index contributed by atoms with van der Waals surface area (Å²) >= 11 is 0. The molecule has 0 saturated heterocycles. The minimum Gasteiger partial charge on any atom is -0.344 e. The summed E-state index contributed by atoms with van der Waals surface area (Å²) in [5.41, 5.74) is 5.90. The second kappa shape index (κ2) is 3.96. The van der Waals surface area contributed by atoms with Crippen LogP contribution in [0.25, 0.3) is 0 Å². The largest absolute Gasteiger partial charge is 0.344 e. The van der Waals surface area contributed by atoms with Crippen molar-refractivity contribution in [2.24, 2.45) is 10.7 Å². The van der Waals surface area contributed by atoms with Crippen molar-refractivity contribution in [3.63, 3.8) is 0 Å². The molecule has 1 rings (SSSR count). The van der Waals surface area contributed by atoms with Gasteiger partial charge >= 0.3 is 0 Å². The summed E-state index contributed by atoms with van der Waals surface area (Å²) in [5.74, 6) is 1.03. The van der Waals surface area contributed by atoms with Gasteiger partial charge in [0.25, 0.3) is 0 Å². The Kier molecular flexibility index (Phi) is 3.14. The van der Waals surface area contributed by atoms with Crippen LogP contribution < -0.4 is 5.73 Å². The van der Waals surface area contributed by atoms with Crippen LogP contribution >= 0.6 is 0 Å². The van der Waals surface area contributed by atoms with Crippen molar-refractivity contribution in [1.82, 2.24) is 9.80 Å². The van der Waals surface area contributed by atoms with Gasteiger partial charge in [-0.3, -0.25) is 4.99 Å². The van der Waals surface area contributed by atoms with Crippen molar-refractivity contribution in [3.8, 4) is 0 Å². The van der Waals surface area contributed by atoms with Crippen LogP contribution in [-0.4, -0.2) is 48.1 Å². The van der Waals surface area contributed by atoms with Gasteiger partial charge in [-0.15, -0.1) is 0 Å². The number of guanidine groups is 1. The molecule has 0 aromatic rings. The minimum atomic E-state index is 0.0271. The van der Waals surface area contributed by atoms with Gasteiger partial charge in [0.1, 0.15) is 0 Å². The third kappa shape index (κ3) is 2.12. The standard InChI is InChI=1S/C9H20N4/c1-7(2)13(8(3)10)9-11-5-6-12(9)4/h7-8H,5-6,10H2,1-4H3. The lowest BCUT2D eigenvalue weighted by Crippen LogP contribution is -2.52. The SMILES string of the molecule is CC(C)N(C1=NCCN1C)C(C)N. The van der Waals surface area contributed by atoms with Crippen LogP contribution in [0.3, 0.4) is 0 Å². The zero-order valence-electron chi connectivity index (χ0n) is 8.99. The monoisotopic (exact) mass is 184 g/mol. The Balaban J connectivity index is 2.75. The molecule has 0 bridgehead atoms. The number of hydrogen-bond donors (Lipinski definition) is 1. The number of aliphatic imine (C=N–C) groups is 1. The number of nitrogens with two attached hydrogens (primary N) is 1. The highest BCUT2D eigenvalue weighted by Gasteiger charge is 2.24. The summed E-state index contributed by atoms with van der Waals surface area (Å²) in [4.78, 5) is 8.75. The van der Waals surface area contributed by atoms with E-state index in [1.54, 1.807) is 0 Å². The summed E-state index contributed by atoms with van der Waals surface area (Å²) in [6.07, 6.45) is 0.0271. The topological polar surface area (TPSA) is 44.9 Å². The van der Waals surface area contributed by atoms with E-state index in [2.05, 4.69) is 35.7 Å². The van der Waals surface area contributed by atoms with Gasteiger partial charge in [-0.25, -0.2) is 0 Å². The lowest BCUT2D eigenvalue weighted by molar-refractivity contribution is 0.253. The Morgan fingerprint density at radius 2 is 2.08 bits per heavy atom. The average molecular weight is 184 g/mol. The summed E-state index contributed by atoms with van der Waals surface area (Å²) in [6.45, 7) is 8.16. The number of rotatable bonds is 2. The molecule has 13 heavy (non-hydrogen) atoms. The highest BCUT2D eigenvalue weighted by Crippen LogP contribution is 2.09. The molecule has 1 heterocycles. The van der Waals surface area contributed by atoms with Gasteiger partial charge in [-0.05, 0) is 20.8 Å². The Hall–Kier alpha value is -0.770. The van der Waals surface area contributed by atoms with Crippen molar-refractivity contribution < 1.29 is 0 Å². The first-order chi connectivity index (χ1) is 6.04. The van der Waals surface area contributed by atoms with Crippen LogP contribution in [0.5, 0.6) is 0 Å². The molecule has 0 amide bonds. The van der Waals surface area contributed by atoms with Crippen molar-refractivity contribution in [2.45, 2.75) is 33.0 Å². The maximum absolute atomic E-state index is 5.90. The fraction of sp³-hybridized carbons (Fsp3) is 0.889. The highest BCUT2D eigenvalue weighted by molar-refractivity contribution is 5.81. The molecule has 0 radical (unpaired) electrons. The summed E-state index contributed by atoms with van der Waals surface area (Å²) in [5, 5.41) is 0. The molecule has 4 heteroatoms. The molecule has 0 aromatic heterocycles. The highest BCUT2D eigenvalue weighted by atomic mass is 15.4. The van der Waals surface area contributed by atoms with Gasteiger partial charge in [0, 0.05) is 19.6 Å². The molecule has 4 nitrogen and oxygen atoms in total. The van der Waals surface area contributed by atoms with Gasteiger partial charge in [0.15, 0.2) is 5.96 Å². The quantitative estimate of drug-likeness (QED) is 0.628. The lowest BCUT2D eigenvalue weighted by atomic mass is 10.3. The maximum Gasteiger partial charge on any atom is 0.197 e. The lowest BCUT2D eigenvalue weighted by Gasteiger charge is -2.35. The molecule has 76 valence electrons. The number of nitrogens with zero attached hydrogens (tertiary/aromatic N) is 3. The zero-order chi connectivity index (χ0) is 10.0. The van der Waals surface area contributed by atoms with Crippen LogP contribution in [0.15, 0.2) is 4.99 Å². The molecule has 1 aliphatic rings. The van der Waals surface area contributed by atoms with Gasteiger partial charge in [-0.2, -0.15) is 0 Å². The predicted octanol–water partition coefficient (Wildman–Crippen LogP) is 0.303. The van der Waals surface area contributed by atoms with Crippen molar-refractivity contribution in [2.75, 3.05) is 20.1 Å². The third-order valence-electron chi connectivity index (χ3n) is 2.26. The van der Waals surface area contributed by atoms with E-state index >= 15 is 0 Å². The van der Waals surface area contributed by atoms with Crippen molar-refractivity contribution in [3.05, 3.63) is 0 Å². The van der Waals surface area contributed by atoms with Crippen LogP contribution in [-0.2, 0) is 0 Å². The van der Waals surface area contributed by atoms with Crippen LogP contribution in [0, 0.1) is 0 Å². The molecule has 0 saturated carbocycles. The molecule has 1 atom stereocenters. The molecule has 0 fully saturated rings. The van der Waals surface area contributed by atoms with Crippen LogP contribution in [0.2, 0.25) is 0 Å². The van der Waals surface area contributed by atoms with E-state index in [4.69, 9.17) is 5.73 Å². The van der Waals surface area contributed by atoms with Crippen molar-refractivity contribution in [1.29, 1.82) is 0 Å². The minimum absolute atomic E-state index is 0.0271. The normalized spacial score (nSPS) is 19.2. The second-order valence-electron chi connectivity index (χ2n) is 3.84. The molecule has 0 aliphatic carbocycles. The molecule has 1 unspecified atom stereocenters. The molecular weight excluding hydrogens is 164 g/mol. The van der Waals surface area contributed by atoms with E-state index in [0.717, 1.165) is 19.0 Å². The smallest absolute Gasteiger partial charge is 0.197 e. The van der Waals surface area contributed by atoms with E-state index in [0.29, 0.717) is 6.04 Å². The second-order valence-corrected chi connectivity index (χ2v) is 3.84. The first-order valence-corrected chi connectivity index (χ1v) is 4.83. The summed E-state index contributed by atoms with van der Waals surface area (Å²) in [7, 11) is 2.06. The summed E-state index contributed by atoms with van der Waals surface area (Å²) < 4.78 is 0. The van der Waals surface area contributed by atoms with Crippen molar-refractivity contribution >= 4 is 5.96 Å². The van der Waals surface area contributed by atoms with Gasteiger partial charge < -0.3 is 15.5 Å². The summed E-state index contributed by atoms with van der Waals surface area (Å²) in [6, 6.07) is 0.402. The Labute approximate surface area is 80.4 Å². The first-order valence-electron chi connectivity index (χ1n) is 4.83. The van der Waals surface area contributed by atoms with E-state index in [-0.39, 0.29) is 6.17 Å². The van der Waals surface area contributed by atoms with Crippen LogP contribution in [0.1, 0.15) is 20.8 Å². The van der Waals surface area contributed by atoms with E-state index < -0.39 is 0 Å². The van der Waals surface area contributed by atoms with Gasteiger partial charge in [0.2, 0.25) is 0 Å². The fourth-order valence-corrected chi connectivity index (χ4v) is 1.68. The average Bonchev–Trinajstić information content (AvgIpc) is 2.35. The molecule has 1 aliphatic heterocycles. The predicted molar refractivity (Wildman–Crippen MR) is 55.6 cm³/mol. The Bertz CT molecular complexity index is 190. The Morgan fingerprint density at radius 3 is 2.38 bits per heavy atom. The van der Waals surface area contributed by atoms with E-state index in [9.17, 15) is 0 Å². The number of hydrogen-bond acceptors (Lipinski definition) is 4. The van der Waals surface area contributed by atoms with Gasteiger partial charge in [0.05, 0.1) is 12.7 Å². The molecular formula is C9H20N4. The molecule has 0 aromatic carbocycles. The number of likely N-dealkylation sites (N-methyl/N-ethyl adjacent to an activating group) is 1. The zero-order valence-corrected chi connectivity index (χ0v) is 8.99.